The van der Waals surface area contributed by atoms with Gasteiger partial charge in [0.1, 0.15) is 0 Å². The third-order valence-corrected chi connectivity index (χ3v) is 1.27. The van der Waals surface area contributed by atoms with Gasteiger partial charge < -0.3 is 0 Å². The number of hydrogen-bond acceptors (Lipinski definition) is 1. The van der Waals surface area contributed by atoms with Crippen LogP contribution in [0, 0.1) is 6.07 Å². The van der Waals surface area contributed by atoms with Crippen molar-refractivity contribution in [1.29, 1.82) is 0 Å². The van der Waals surface area contributed by atoms with Gasteiger partial charge in [-0.3, -0.25) is 4.98 Å². The van der Waals surface area contributed by atoms with Crippen LogP contribution in [-0.4, -0.2) is 4.98 Å². The fraction of sp³-hybridized carbons (Fsp3) is 0.375. The first-order valence-electron chi connectivity index (χ1n) is 3.12. The van der Waals surface area contributed by atoms with E-state index in [0.717, 1.165) is 0 Å². The van der Waals surface area contributed by atoms with E-state index in [1.165, 1.54) is 5.56 Å². The average Bonchev–Trinajstić information content (AvgIpc) is 1.90. The summed E-state index contributed by atoms with van der Waals surface area (Å²) in [4.78, 5) is 3.87. The molecule has 1 heteroatoms. The second-order valence-electron chi connectivity index (χ2n) is 2.35. The largest absolute Gasteiger partial charge is 0.264 e. The summed E-state index contributed by atoms with van der Waals surface area (Å²) in [5, 5.41) is 0. The van der Waals surface area contributed by atoms with Gasteiger partial charge in [-0.1, -0.05) is 13.8 Å². The van der Waals surface area contributed by atoms with Crippen LogP contribution in [-0.2, 0) is 0 Å². The van der Waals surface area contributed by atoms with Crippen molar-refractivity contribution in [2.75, 3.05) is 0 Å². The maximum Gasteiger partial charge on any atom is 0.0349 e. The zero-order valence-electron chi connectivity index (χ0n) is 5.76. The number of rotatable bonds is 1. The standard InChI is InChI=1S/C8H10N/c1-7(2)8-3-5-9-6-4-8/h3,5-7H,1-2H3. The van der Waals surface area contributed by atoms with Crippen molar-refractivity contribution in [3.8, 4) is 0 Å². The van der Waals surface area contributed by atoms with Crippen molar-refractivity contribution in [3.63, 3.8) is 0 Å². The minimum absolute atomic E-state index is 0.563. The third kappa shape index (κ3) is 1.53. The molecule has 47 valence electrons. The zero-order chi connectivity index (χ0) is 6.69. The molecule has 1 heterocycles. The molecule has 0 atom stereocenters. The molecule has 1 radical (unpaired) electrons. The molecular formula is C8H10N. The van der Waals surface area contributed by atoms with Crippen LogP contribution in [0.25, 0.3) is 0 Å². The lowest BCUT2D eigenvalue weighted by Crippen LogP contribution is -1.85. The fourth-order valence-corrected chi connectivity index (χ4v) is 0.685. The van der Waals surface area contributed by atoms with Crippen LogP contribution < -0.4 is 0 Å². The van der Waals surface area contributed by atoms with Gasteiger partial charge >= 0.3 is 0 Å². The molecule has 0 aliphatic heterocycles. The molecule has 1 aromatic heterocycles. The molecule has 0 aliphatic rings. The van der Waals surface area contributed by atoms with Crippen molar-refractivity contribution in [2.24, 2.45) is 0 Å². The first-order chi connectivity index (χ1) is 4.30. The Morgan fingerprint density at radius 2 is 2.33 bits per heavy atom. The van der Waals surface area contributed by atoms with Crippen LogP contribution in [0.3, 0.4) is 0 Å². The van der Waals surface area contributed by atoms with Gasteiger partial charge in [0.15, 0.2) is 0 Å². The maximum atomic E-state index is 3.87. The summed E-state index contributed by atoms with van der Waals surface area (Å²) in [6.07, 6.45) is 3.50. The maximum absolute atomic E-state index is 3.87. The number of nitrogens with zero attached hydrogens (tertiary/aromatic N) is 1. The van der Waals surface area contributed by atoms with E-state index in [1.54, 1.807) is 12.4 Å². The summed E-state index contributed by atoms with van der Waals surface area (Å²) in [7, 11) is 0. The smallest absolute Gasteiger partial charge is 0.0349 e. The molecule has 0 saturated heterocycles. The van der Waals surface area contributed by atoms with Crippen LogP contribution in [0.4, 0.5) is 0 Å². The molecule has 0 fully saturated rings. The van der Waals surface area contributed by atoms with Gasteiger partial charge in [0.25, 0.3) is 0 Å². The average molecular weight is 120 g/mol. The Bertz CT molecular complexity index is 167. The number of aromatic nitrogens is 1. The van der Waals surface area contributed by atoms with E-state index < -0.39 is 0 Å². The molecule has 9 heavy (non-hydrogen) atoms. The predicted octanol–water partition coefficient (Wildman–Crippen LogP) is 2.01. The van der Waals surface area contributed by atoms with Crippen LogP contribution in [0.1, 0.15) is 25.3 Å². The van der Waals surface area contributed by atoms with Gasteiger partial charge in [-0.2, -0.15) is 0 Å². The monoisotopic (exact) mass is 120 g/mol. The van der Waals surface area contributed by atoms with E-state index in [9.17, 15) is 0 Å². The van der Waals surface area contributed by atoms with Crippen LogP contribution >= 0.6 is 0 Å². The van der Waals surface area contributed by atoms with Crippen molar-refractivity contribution in [1.82, 2.24) is 4.98 Å². The molecular weight excluding hydrogens is 110 g/mol. The van der Waals surface area contributed by atoms with E-state index in [2.05, 4.69) is 24.9 Å². The SMILES string of the molecule is CC(C)c1[c]cncc1. The second-order valence-corrected chi connectivity index (χ2v) is 2.35. The minimum atomic E-state index is 0.563. The van der Waals surface area contributed by atoms with Gasteiger partial charge in [-0.05, 0) is 17.5 Å². The molecule has 1 rings (SSSR count). The summed E-state index contributed by atoms with van der Waals surface area (Å²) >= 11 is 0. The van der Waals surface area contributed by atoms with Crippen molar-refractivity contribution >= 4 is 0 Å². The van der Waals surface area contributed by atoms with Crippen molar-refractivity contribution < 1.29 is 0 Å². The van der Waals surface area contributed by atoms with Gasteiger partial charge in [-0.15, -0.1) is 0 Å². The normalized spacial score (nSPS) is 10.1. The van der Waals surface area contributed by atoms with Crippen molar-refractivity contribution in [3.05, 3.63) is 30.1 Å². The number of pyridine rings is 1. The summed E-state index contributed by atoms with van der Waals surface area (Å²) in [5.74, 6) is 0.563. The third-order valence-electron chi connectivity index (χ3n) is 1.27. The topological polar surface area (TPSA) is 12.9 Å². The Labute approximate surface area is 55.7 Å². The molecule has 0 aliphatic carbocycles. The van der Waals surface area contributed by atoms with Crippen LogP contribution in [0.5, 0.6) is 0 Å². The highest BCUT2D eigenvalue weighted by Gasteiger charge is 1.94. The summed E-state index contributed by atoms with van der Waals surface area (Å²) in [6.45, 7) is 4.29. The Balaban J connectivity index is 2.85. The molecule has 0 aromatic carbocycles. The lowest BCUT2D eigenvalue weighted by atomic mass is 10.1. The van der Waals surface area contributed by atoms with E-state index in [-0.39, 0.29) is 0 Å². The lowest BCUT2D eigenvalue weighted by molar-refractivity contribution is 0.861. The zero-order valence-corrected chi connectivity index (χ0v) is 5.76. The molecule has 1 aromatic rings. The number of hydrogen-bond donors (Lipinski definition) is 0. The second kappa shape index (κ2) is 2.62. The van der Waals surface area contributed by atoms with Crippen LogP contribution in [0.2, 0.25) is 0 Å². The van der Waals surface area contributed by atoms with Crippen LogP contribution in [0.15, 0.2) is 18.5 Å². The van der Waals surface area contributed by atoms with Gasteiger partial charge in [0, 0.05) is 18.5 Å². The van der Waals surface area contributed by atoms with Gasteiger partial charge in [0.05, 0.1) is 0 Å². The molecule has 0 unspecified atom stereocenters. The Morgan fingerprint density at radius 3 is 2.67 bits per heavy atom. The highest BCUT2D eigenvalue weighted by molar-refractivity contribution is 5.11. The van der Waals surface area contributed by atoms with Gasteiger partial charge in [-0.25, -0.2) is 0 Å². The van der Waals surface area contributed by atoms with E-state index in [4.69, 9.17) is 0 Å². The fourth-order valence-electron chi connectivity index (χ4n) is 0.685. The highest BCUT2D eigenvalue weighted by Crippen LogP contribution is 2.10. The molecule has 1 nitrogen and oxygen atoms in total. The summed E-state index contributed by atoms with van der Waals surface area (Å²) in [6, 6.07) is 5.05. The predicted molar refractivity (Wildman–Crippen MR) is 37.2 cm³/mol. The molecule has 0 saturated carbocycles. The molecule has 0 bridgehead atoms. The van der Waals surface area contributed by atoms with E-state index in [0.29, 0.717) is 5.92 Å². The quantitative estimate of drug-likeness (QED) is 0.552. The first-order valence-corrected chi connectivity index (χ1v) is 3.12. The summed E-state index contributed by atoms with van der Waals surface area (Å²) < 4.78 is 0. The van der Waals surface area contributed by atoms with E-state index >= 15 is 0 Å². The molecule has 0 N–H and O–H groups in total. The minimum Gasteiger partial charge on any atom is -0.264 e. The molecule has 0 amide bonds. The molecule has 0 spiro atoms. The van der Waals surface area contributed by atoms with E-state index in [1.807, 2.05) is 6.07 Å². The lowest BCUT2D eigenvalue weighted by Gasteiger charge is -2.00. The summed E-state index contributed by atoms with van der Waals surface area (Å²) in [5.41, 5.74) is 1.23. The Morgan fingerprint density at radius 1 is 1.56 bits per heavy atom. The highest BCUT2D eigenvalue weighted by atomic mass is 14.6. The first kappa shape index (κ1) is 6.27. The van der Waals surface area contributed by atoms with Gasteiger partial charge in [0.2, 0.25) is 0 Å². The Kier molecular flexibility index (Phi) is 1.83. The Hall–Kier alpha value is -0.850. The van der Waals surface area contributed by atoms with Crippen molar-refractivity contribution in [2.45, 2.75) is 19.8 Å².